The molecular formula is C10H9IN4OS. The first-order valence-electron chi connectivity index (χ1n) is 4.71. The van der Waals surface area contributed by atoms with Crippen LogP contribution in [0.5, 0.6) is 0 Å². The van der Waals surface area contributed by atoms with Gasteiger partial charge in [0.1, 0.15) is 5.82 Å². The Morgan fingerprint density at radius 3 is 2.59 bits per heavy atom. The van der Waals surface area contributed by atoms with Crippen molar-refractivity contribution in [3.05, 3.63) is 44.3 Å². The van der Waals surface area contributed by atoms with Crippen LogP contribution < -0.4 is 16.6 Å². The molecule has 0 aliphatic carbocycles. The lowest BCUT2D eigenvalue weighted by molar-refractivity contribution is 0.919. The third-order valence-electron chi connectivity index (χ3n) is 2.04. The van der Waals surface area contributed by atoms with Gasteiger partial charge >= 0.3 is 0 Å². The highest BCUT2D eigenvalue weighted by atomic mass is 127. The number of nitrogens with two attached hydrogens (primary N) is 1. The molecule has 0 amide bonds. The van der Waals surface area contributed by atoms with Gasteiger partial charge in [0.2, 0.25) is 0 Å². The molecule has 0 aliphatic heterocycles. The molecule has 0 bridgehead atoms. The number of nitrogen functional groups attached to an aromatic ring is 1. The van der Waals surface area contributed by atoms with Gasteiger partial charge in [0.15, 0.2) is 5.11 Å². The maximum Gasteiger partial charge on any atom is 0.275 e. The average Bonchev–Trinajstić information content (AvgIpc) is 2.61. The first-order chi connectivity index (χ1) is 8.06. The van der Waals surface area contributed by atoms with E-state index in [1.165, 1.54) is 10.7 Å². The highest BCUT2D eigenvalue weighted by molar-refractivity contribution is 14.1. The molecule has 5 nitrogen and oxygen atoms in total. The van der Waals surface area contributed by atoms with Crippen LogP contribution in [0.15, 0.2) is 35.1 Å². The molecule has 2 rings (SSSR count). The summed E-state index contributed by atoms with van der Waals surface area (Å²) in [4.78, 5) is 11.4. The van der Waals surface area contributed by atoms with Crippen LogP contribution in [-0.4, -0.2) is 14.9 Å². The minimum absolute atomic E-state index is 0.257. The third-order valence-corrected chi connectivity index (χ3v) is 3.04. The maximum absolute atomic E-state index is 11.4. The van der Waals surface area contributed by atoms with Crippen molar-refractivity contribution in [3.8, 4) is 0 Å². The van der Waals surface area contributed by atoms with Crippen molar-refractivity contribution < 1.29 is 0 Å². The predicted molar refractivity (Wildman–Crippen MR) is 80.2 cm³/mol. The Morgan fingerprint density at radius 1 is 1.41 bits per heavy atom. The number of anilines is 2. The van der Waals surface area contributed by atoms with E-state index >= 15 is 0 Å². The number of benzene rings is 1. The summed E-state index contributed by atoms with van der Waals surface area (Å²) in [7, 11) is 0. The van der Waals surface area contributed by atoms with Crippen LogP contribution >= 0.6 is 34.8 Å². The SMILES string of the molecule is Nc1cc(=O)n(C(=S)Nc2ccc(I)cc2)[nH]1. The van der Waals surface area contributed by atoms with Crippen molar-refractivity contribution in [2.75, 3.05) is 11.1 Å². The first kappa shape index (κ1) is 12.1. The first-order valence-corrected chi connectivity index (χ1v) is 6.19. The molecule has 17 heavy (non-hydrogen) atoms. The number of nitrogens with zero attached hydrogens (tertiary/aromatic N) is 1. The maximum atomic E-state index is 11.4. The molecule has 88 valence electrons. The second kappa shape index (κ2) is 4.88. The molecule has 0 unspecified atom stereocenters. The number of halogens is 1. The second-order valence-corrected chi connectivity index (χ2v) is 4.95. The van der Waals surface area contributed by atoms with E-state index in [1.54, 1.807) is 0 Å². The summed E-state index contributed by atoms with van der Waals surface area (Å²) in [6.45, 7) is 0. The molecule has 1 aromatic heterocycles. The van der Waals surface area contributed by atoms with E-state index in [2.05, 4.69) is 33.0 Å². The molecule has 1 heterocycles. The van der Waals surface area contributed by atoms with Crippen molar-refractivity contribution >= 4 is 51.4 Å². The lowest BCUT2D eigenvalue weighted by Crippen LogP contribution is -2.29. The molecule has 0 aliphatic rings. The summed E-state index contributed by atoms with van der Waals surface area (Å²) in [5, 5.41) is 5.85. The average molecular weight is 360 g/mol. The lowest BCUT2D eigenvalue weighted by Gasteiger charge is -2.07. The van der Waals surface area contributed by atoms with Gasteiger partial charge in [-0.2, -0.15) is 4.68 Å². The minimum atomic E-state index is -0.287. The summed E-state index contributed by atoms with van der Waals surface area (Å²) in [5.41, 5.74) is 5.99. The molecule has 0 fully saturated rings. The molecule has 4 N–H and O–H groups in total. The Kier molecular flexibility index (Phi) is 3.48. The number of thiocarbonyl (C=S) groups is 1. The van der Waals surface area contributed by atoms with Gasteiger partial charge in [-0.3, -0.25) is 9.89 Å². The molecule has 7 heteroatoms. The predicted octanol–water partition coefficient (Wildman–Crippen LogP) is 1.61. The number of aromatic nitrogens is 2. The van der Waals surface area contributed by atoms with Crippen molar-refractivity contribution in [3.63, 3.8) is 0 Å². The van der Waals surface area contributed by atoms with Crippen molar-refractivity contribution in [1.82, 2.24) is 9.78 Å². The van der Waals surface area contributed by atoms with Crippen LogP contribution in [0.2, 0.25) is 0 Å². The quantitative estimate of drug-likeness (QED) is 0.534. The van der Waals surface area contributed by atoms with E-state index in [-0.39, 0.29) is 16.5 Å². The Balaban J connectivity index is 2.20. The third kappa shape index (κ3) is 2.86. The Bertz CT molecular complexity index is 602. The van der Waals surface area contributed by atoms with Crippen LogP contribution in [0.4, 0.5) is 11.5 Å². The van der Waals surface area contributed by atoms with Gasteiger partial charge in [-0.25, -0.2) is 0 Å². The van der Waals surface area contributed by atoms with E-state index in [4.69, 9.17) is 18.0 Å². The van der Waals surface area contributed by atoms with Gasteiger partial charge in [0, 0.05) is 15.3 Å². The fourth-order valence-electron chi connectivity index (χ4n) is 1.28. The highest BCUT2D eigenvalue weighted by Crippen LogP contribution is 2.11. The van der Waals surface area contributed by atoms with Crippen LogP contribution in [-0.2, 0) is 0 Å². The van der Waals surface area contributed by atoms with Crippen LogP contribution in [0.25, 0.3) is 0 Å². The molecule has 1 aromatic carbocycles. The standard InChI is InChI=1S/C10H9IN4OS/c11-6-1-3-7(4-2-6)13-10(17)15-9(16)5-8(12)14-15/h1-5,14H,12H2,(H,13,17). The Hall–Kier alpha value is -1.35. The molecule has 0 atom stereocenters. The zero-order valence-electron chi connectivity index (χ0n) is 8.61. The van der Waals surface area contributed by atoms with Gasteiger partial charge < -0.3 is 11.1 Å². The van der Waals surface area contributed by atoms with Gasteiger partial charge in [-0.05, 0) is 59.1 Å². The summed E-state index contributed by atoms with van der Waals surface area (Å²) < 4.78 is 2.31. The van der Waals surface area contributed by atoms with E-state index in [9.17, 15) is 4.79 Å². The fraction of sp³-hybridized carbons (Fsp3) is 0. The van der Waals surface area contributed by atoms with E-state index in [0.717, 1.165) is 9.26 Å². The topological polar surface area (TPSA) is 75.8 Å². The molecular weight excluding hydrogens is 351 g/mol. The fourth-order valence-corrected chi connectivity index (χ4v) is 1.89. The molecule has 0 radical (unpaired) electrons. The highest BCUT2D eigenvalue weighted by Gasteiger charge is 2.05. The molecule has 0 saturated heterocycles. The van der Waals surface area contributed by atoms with Gasteiger partial charge in [0.25, 0.3) is 5.56 Å². The largest absolute Gasteiger partial charge is 0.384 e. The van der Waals surface area contributed by atoms with E-state index in [0.29, 0.717) is 0 Å². The van der Waals surface area contributed by atoms with Crippen LogP contribution in [0.3, 0.4) is 0 Å². The van der Waals surface area contributed by atoms with E-state index < -0.39 is 0 Å². The lowest BCUT2D eigenvalue weighted by atomic mass is 10.3. The summed E-state index contributed by atoms with van der Waals surface area (Å²) in [5.74, 6) is 0.279. The normalized spacial score (nSPS) is 10.2. The van der Waals surface area contributed by atoms with Crippen molar-refractivity contribution in [2.24, 2.45) is 0 Å². The minimum Gasteiger partial charge on any atom is -0.384 e. The Morgan fingerprint density at radius 2 is 2.06 bits per heavy atom. The molecule has 2 aromatic rings. The van der Waals surface area contributed by atoms with E-state index in [1.807, 2.05) is 24.3 Å². The molecule has 0 spiro atoms. The zero-order valence-corrected chi connectivity index (χ0v) is 11.6. The monoisotopic (exact) mass is 360 g/mol. The van der Waals surface area contributed by atoms with Crippen LogP contribution in [0, 0.1) is 3.57 Å². The summed E-state index contributed by atoms with van der Waals surface area (Å²) in [6, 6.07) is 8.92. The summed E-state index contributed by atoms with van der Waals surface area (Å²) in [6.07, 6.45) is 0. The van der Waals surface area contributed by atoms with Gasteiger partial charge in [-0.15, -0.1) is 0 Å². The van der Waals surface area contributed by atoms with Crippen LogP contribution in [0.1, 0.15) is 0 Å². The van der Waals surface area contributed by atoms with Crippen molar-refractivity contribution in [2.45, 2.75) is 0 Å². The number of H-pyrrole nitrogens is 1. The summed E-state index contributed by atoms with van der Waals surface area (Å²) >= 11 is 7.31. The number of nitrogens with one attached hydrogen (secondary N) is 2. The smallest absolute Gasteiger partial charge is 0.275 e. The van der Waals surface area contributed by atoms with Gasteiger partial charge in [0.05, 0.1) is 0 Å². The molecule has 0 saturated carbocycles. The number of hydrogen-bond donors (Lipinski definition) is 3. The number of aromatic amines is 1. The zero-order chi connectivity index (χ0) is 12.4. The van der Waals surface area contributed by atoms with Crippen molar-refractivity contribution in [1.29, 1.82) is 0 Å². The number of hydrogen-bond acceptors (Lipinski definition) is 3. The second-order valence-electron chi connectivity index (χ2n) is 3.32. The van der Waals surface area contributed by atoms with Gasteiger partial charge in [-0.1, -0.05) is 0 Å². The Labute approximate surface area is 116 Å². The number of rotatable bonds is 1.